The Kier molecular flexibility index (Phi) is 3.17. The zero-order valence-corrected chi connectivity index (χ0v) is 10.6. The van der Waals surface area contributed by atoms with E-state index in [0.717, 1.165) is 0 Å². The van der Waals surface area contributed by atoms with Gasteiger partial charge in [-0.3, -0.25) is 9.35 Å². The molecule has 19 heavy (non-hydrogen) atoms. The van der Waals surface area contributed by atoms with E-state index in [9.17, 15) is 13.2 Å². The summed E-state index contributed by atoms with van der Waals surface area (Å²) < 4.78 is 31.3. The Morgan fingerprint density at radius 1 is 1.16 bits per heavy atom. The minimum atomic E-state index is -4.31. The molecule has 2 aromatic carbocycles. The molecule has 0 bridgehead atoms. The SMILES string of the molecule is NC(=O)Cc1ccc(N)c2ccc(S(=O)(=O)O)cc12. The Morgan fingerprint density at radius 2 is 1.84 bits per heavy atom. The second-order valence-corrected chi connectivity index (χ2v) is 5.56. The number of carbonyl (C=O) groups is 1. The number of nitrogens with two attached hydrogens (primary N) is 2. The Morgan fingerprint density at radius 3 is 2.42 bits per heavy atom. The van der Waals surface area contributed by atoms with Gasteiger partial charge in [-0.05, 0) is 29.1 Å². The van der Waals surface area contributed by atoms with Crippen LogP contribution in [0.15, 0.2) is 35.2 Å². The van der Waals surface area contributed by atoms with Crippen LogP contribution < -0.4 is 11.5 Å². The minimum absolute atomic E-state index is 0.0360. The van der Waals surface area contributed by atoms with Gasteiger partial charge in [0.15, 0.2) is 0 Å². The molecule has 2 aromatic rings. The van der Waals surface area contributed by atoms with Gasteiger partial charge in [-0.15, -0.1) is 0 Å². The van der Waals surface area contributed by atoms with Crippen molar-refractivity contribution in [1.82, 2.24) is 0 Å². The third kappa shape index (κ3) is 2.67. The molecule has 0 aromatic heterocycles. The van der Waals surface area contributed by atoms with Crippen LogP contribution in [0.2, 0.25) is 0 Å². The van der Waals surface area contributed by atoms with Crippen LogP contribution in [0.3, 0.4) is 0 Å². The predicted octanol–water partition coefficient (Wildman–Crippen LogP) is 0.696. The summed E-state index contributed by atoms with van der Waals surface area (Å²) in [6, 6.07) is 7.24. The number of amides is 1. The number of anilines is 1. The number of hydrogen-bond acceptors (Lipinski definition) is 4. The summed E-state index contributed by atoms with van der Waals surface area (Å²) >= 11 is 0. The largest absolute Gasteiger partial charge is 0.398 e. The molecule has 0 spiro atoms. The van der Waals surface area contributed by atoms with E-state index in [4.69, 9.17) is 16.0 Å². The van der Waals surface area contributed by atoms with E-state index in [1.807, 2.05) is 0 Å². The fraction of sp³-hybridized carbons (Fsp3) is 0.0833. The molecule has 0 saturated carbocycles. The van der Waals surface area contributed by atoms with Crippen molar-refractivity contribution in [2.24, 2.45) is 5.73 Å². The highest BCUT2D eigenvalue weighted by molar-refractivity contribution is 7.85. The van der Waals surface area contributed by atoms with Crippen molar-refractivity contribution < 1.29 is 17.8 Å². The number of fused-ring (bicyclic) bond motifs is 1. The molecule has 1 amide bonds. The van der Waals surface area contributed by atoms with Gasteiger partial charge in [0.25, 0.3) is 10.1 Å². The Labute approximate surface area is 109 Å². The maximum atomic E-state index is 11.1. The Bertz CT molecular complexity index is 769. The first-order chi connectivity index (χ1) is 8.79. The first-order valence-electron chi connectivity index (χ1n) is 5.36. The third-order valence-corrected chi connectivity index (χ3v) is 3.62. The van der Waals surface area contributed by atoms with E-state index in [2.05, 4.69) is 0 Å². The van der Waals surface area contributed by atoms with E-state index in [1.165, 1.54) is 18.2 Å². The molecule has 5 N–H and O–H groups in total. The van der Waals surface area contributed by atoms with Crippen LogP contribution in [0.5, 0.6) is 0 Å². The van der Waals surface area contributed by atoms with Gasteiger partial charge in [0.05, 0.1) is 11.3 Å². The van der Waals surface area contributed by atoms with Gasteiger partial charge < -0.3 is 11.5 Å². The predicted molar refractivity (Wildman–Crippen MR) is 71.1 cm³/mol. The van der Waals surface area contributed by atoms with Crippen molar-refractivity contribution in [2.45, 2.75) is 11.3 Å². The van der Waals surface area contributed by atoms with E-state index in [-0.39, 0.29) is 11.3 Å². The second kappa shape index (κ2) is 4.52. The maximum Gasteiger partial charge on any atom is 0.294 e. The van der Waals surface area contributed by atoms with Gasteiger partial charge in [0.1, 0.15) is 0 Å². The molecule has 0 aliphatic heterocycles. The summed E-state index contributed by atoms with van der Waals surface area (Å²) in [6.07, 6.45) is -0.0360. The number of hydrogen-bond donors (Lipinski definition) is 3. The van der Waals surface area contributed by atoms with Gasteiger partial charge in [0, 0.05) is 11.1 Å². The van der Waals surface area contributed by atoms with Gasteiger partial charge in [-0.25, -0.2) is 0 Å². The fourth-order valence-corrected chi connectivity index (χ4v) is 2.42. The van der Waals surface area contributed by atoms with Crippen molar-refractivity contribution in [1.29, 1.82) is 0 Å². The molecule has 0 fully saturated rings. The molecule has 7 heteroatoms. The van der Waals surface area contributed by atoms with Gasteiger partial charge >= 0.3 is 0 Å². The molecule has 6 nitrogen and oxygen atoms in total. The van der Waals surface area contributed by atoms with Crippen molar-refractivity contribution in [3.05, 3.63) is 35.9 Å². The molecule has 100 valence electrons. The highest BCUT2D eigenvalue weighted by Gasteiger charge is 2.13. The molecule has 0 unspecified atom stereocenters. The standard InChI is InChI=1S/C12H12N2O4S/c13-11-4-1-7(5-12(14)15)10-6-8(19(16,17)18)2-3-9(10)11/h1-4,6H,5,13H2,(H2,14,15)(H,16,17,18). The summed E-state index contributed by atoms with van der Waals surface area (Å²) in [5.74, 6) is -0.539. The van der Waals surface area contributed by atoms with Crippen LogP contribution in [-0.4, -0.2) is 18.9 Å². The number of primary amides is 1. The molecular weight excluding hydrogens is 268 g/mol. The zero-order chi connectivity index (χ0) is 14.2. The van der Waals surface area contributed by atoms with Gasteiger partial charge in [0.2, 0.25) is 5.91 Å². The van der Waals surface area contributed by atoms with Crippen molar-refractivity contribution >= 4 is 32.5 Å². The first-order valence-corrected chi connectivity index (χ1v) is 6.80. The molecule has 0 heterocycles. The fourth-order valence-electron chi connectivity index (χ4n) is 1.91. The number of nitrogen functional groups attached to an aromatic ring is 1. The second-order valence-electron chi connectivity index (χ2n) is 4.14. The number of carbonyl (C=O) groups excluding carboxylic acids is 1. The third-order valence-electron chi connectivity index (χ3n) is 2.77. The van der Waals surface area contributed by atoms with Crippen molar-refractivity contribution in [3.8, 4) is 0 Å². The van der Waals surface area contributed by atoms with Crippen LogP contribution >= 0.6 is 0 Å². The van der Waals surface area contributed by atoms with E-state index < -0.39 is 16.0 Å². The molecule has 0 atom stereocenters. The molecule has 2 rings (SSSR count). The minimum Gasteiger partial charge on any atom is -0.398 e. The van der Waals surface area contributed by atoms with Crippen LogP contribution in [-0.2, 0) is 21.3 Å². The number of benzene rings is 2. The monoisotopic (exact) mass is 280 g/mol. The Hall–Kier alpha value is -2.12. The Balaban J connectivity index is 2.77. The highest BCUT2D eigenvalue weighted by atomic mass is 32.2. The number of rotatable bonds is 3. The van der Waals surface area contributed by atoms with Gasteiger partial charge in [-0.2, -0.15) is 8.42 Å². The zero-order valence-electron chi connectivity index (χ0n) is 9.83. The lowest BCUT2D eigenvalue weighted by Gasteiger charge is -2.09. The topological polar surface area (TPSA) is 123 Å². The summed E-state index contributed by atoms with van der Waals surface area (Å²) in [5.41, 5.74) is 11.9. The highest BCUT2D eigenvalue weighted by Crippen LogP contribution is 2.27. The maximum absolute atomic E-state index is 11.1. The van der Waals surface area contributed by atoms with E-state index >= 15 is 0 Å². The first kappa shape index (κ1) is 13.3. The lowest BCUT2D eigenvalue weighted by molar-refractivity contribution is -0.117. The van der Waals surface area contributed by atoms with Crippen molar-refractivity contribution in [3.63, 3.8) is 0 Å². The lowest BCUT2D eigenvalue weighted by atomic mass is 10.0. The lowest BCUT2D eigenvalue weighted by Crippen LogP contribution is -2.14. The van der Waals surface area contributed by atoms with Crippen LogP contribution in [0, 0.1) is 0 Å². The van der Waals surface area contributed by atoms with E-state index in [0.29, 0.717) is 22.0 Å². The summed E-state index contributed by atoms with van der Waals surface area (Å²) in [5, 5.41) is 1.08. The molecule has 0 aliphatic rings. The molecule has 0 radical (unpaired) electrons. The van der Waals surface area contributed by atoms with E-state index in [1.54, 1.807) is 12.1 Å². The van der Waals surface area contributed by atoms with Crippen LogP contribution in [0.25, 0.3) is 10.8 Å². The quantitative estimate of drug-likeness (QED) is 0.564. The molecule has 0 aliphatic carbocycles. The normalized spacial score (nSPS) is 11.6. The average Bonchev–Trinajstić information content (AvgIpc) is 2.31. The van der Waals surface area contributed by atoms with Gasteiger partial charge in [-0.1, -0.05) is 12.1 Å². The summed E-state index contributed by atoms with van der Waals surface area (Å²) in [4.78, 5) is 10.7. The summed E-state index contributed by atoms with van der Waals surface area (Å²) in [7, 11) is -4.31. The average molecular weight is 280 g/mol. The summed E-state index contributed by atoms with van der Waals surface area (Å²) in [6.45, 7) is 0. The van der Waals surface area contributed by atoms with Crippen LogP contribution in [0.4, 0.5) is 5.69 Å². The molecule has 0 saturated heterocycles. The van der Waals surface area contributed by atoms with Crippen molar-refractivity contribution in [2.75, 3.05) is 5.73 Å². The van der Waals surface area contributed by atoms with Crippen LogP contribution in [0.1, 0.15) is 5.56 Å². The smallest absolute Gasteiger partial charge is 0.294 e. The molecular formula is C12H12N2O4S.